The molecule has 8 heteroatoms. The normalized spacial score (nSPS) is 10.9. The van der Waals surface area contributed by atoms with E-state index in [1.54, 1.807) is 18.2 Å². The van der Waals surface area contributed by atoms with Gasteiger partial charge in [0.15, 0.2) is 5.82 Å². The van der Waals surface area contributed by atoms with Gasteiger partial charge in [-0.15, -0.1) is 0 Å². The molecule has 0 aliphatic carbocycles. The third-order valence-corrected chi connectivity index (χ3v) is 2.72. The number of aromatic nitrogens is 4. The van der Waals surface area contributed by atoms with Crippen LogP contribution in [0.25, 0.3) is 22.6 Å². The lowest BCUT2D eigenvalue weighted by molar-refractivity contribution is -0.384. The Labute approximate surface area is 105 Å². The van der Waals surface area contributed by atoms with Crippen molar-refractivity contribution in [3.8, 4) is 11.5 Å². The molecule has 18 heavy (non-hydrogen) atoms. The van der Waals surface area contributed by atoms with Crippen LogP contribution in [-0.4, -0.2) is 25.1 Å². The molecule has 0 fully saturated rings. The van der Waals surface area contributed by atoms with Crippen LogP contribution in [0, 0.1) is 10.1 Å². The molecule has 0 amide bonds. The molecule has 1 aromatic carbocycles. The quantitative estimate of drug-likeness (QED) is 0.548. The summed E-state index contributed by atoms with van der Waals surface area (Å²) < 4.78 is 0. The number of aromatic amines is 2. The minimum Gasteiger partial charge on any atom is -0.336 e. The third-order valence-electron chi connectivity index (χ3n) is 2.49. The standard InChI is InChI=1S/C10H6ClN5O2/c11-5-1-2-6-7(3-5)14-10(13-6)9-8(16(17)18)4-12-15-9/h1-4H,(H,12,15)(H,13,14). The zero-order valence-corrected chi connectivity index (χ0v) is 9.60. The fourth-order valence-corrected chi connectivity index (χ4v) is 1.85. The van der Waals surface area contributed by atoms with E-state index in [2.05, 4.69) is 20.2 Å². The van der Waals surface area contributed by atoms with E-state index in [1.807, 2.05) is 0 Å². The van der Waals surface area contributed by atoms with Gasteiger partial charge in [-0.25, -0.2) is 4.98 Å². The lowest BCUT2D eigenvalue weighted by Gasteiger charge is -1.89. The summed E-state index contributed by atoms with van der Waals surface area (Å²) >= 11 is 5.85. The molecule has 0 saturated carbocycles. The van der Waals surface area contributed by atoms with Gasteiger partial charge in [0, 0.05) is 5.02 Å². The van der Waals surface area contributed by atoms with Crippen LogP contribution in [0.5, 0.6) is 0 Å². The summed E-state index contributed by atoms with van der Waals surface area (Å²) in [6, 6.07) is 5.15. The fraction of sp³-hybridized carbons (Fsp3) is 0. The van der Waals surface area contributed by atoms with Crippen molar-refractivity contribution in [2.75, 3.05) is 0 Å². The Bertz CT molecular complexity index is 748. The van der Waals surface area contributed by atoms with Crippen LogP contribution < -0.4 is 0 Å². The van der Waals surface area contributed by atoms with E-state index >= 15 is 0 Å². The number of fused-ring (bicyclic) bond motifs is 1. The molecule has 2 heterocycles. The molecule has 7 nitrogen and oxygen atoms in total. The largest absolute Gasteiger partial charge is 0.336 e. The van der Waals surface area contributed by atoms with Gasteiger partial charge in [-0.3, -0.25) is 15.2 Å². The first kappa shape index (κ1) is 10.7. The SMILES string of the molecule is O=[N+]([O-])c1c[nH]nc1-c1nc2cc(Cl)ccc2[nH]1. The number of hydrogen-bond donors (Lipinski definition) is 2. The van der Waals surface area contributed by atoms with E-state index in [0.717, 1.165) is 5.52 Å². The monoisotopic (exact) mass is 263 g/mol. The number of nitrogens with one attached hydrogen (secondary N) is 2. The molecular weight excluding hydrogens is 258 g/mol. The molecule has 0 bridgehead atoms. The highest BCUT2D eigenvalue weighted by molar-refractivity contribution is 6.31. The van der Waals surface area contributed by atoms with E-state index in [-0.39, 0.29) is 11.4 Å². The maximum absolute atomic E-state index is 10.8. The van der Waals surface area contributed by atoms with Gasteiger partial charge in [0.1, 0.15) is 6.20 Å². The Morgan fingerprint density at radius 3 is 3.00 bits per heavy atom. The van der Waals surface area contributed by atoms with Crippen molar-refractivity contribution in [3.63, 3.8) is 0 Å². The molecule has 0 aliphatic rings. The van der Waals surface area contributed by atoms with Crippen molar-refractivity contribution in [2.24, 2.45) is 0 Å². The molecule has 0 spiro atoms. The van der Waals surface area contributed by atoms with Crippen molar-refractivity contribution < 1.29 is 4.92 Å². The molecule has 0 aliphatic heterocycles. The summed E-state index contributed by atoms with van der Waals surface area (Å²) in [6.45, 7) is 0. The zero-order valence-electron chi connectivity index (χ0n) is 8.85. The van der Waals surface area contributed by atoms with Gasteiger partial charge >= 0.3 is 5.69 Å². The summed E-state index contributed by atoms with van der Waals surface area (Å²) in [5.74, 6) is 0.334. The summed E-state index contributed by atoms with van der Waals surface area (Å²) in [5, 5.41) is 17.6. The minimum absolute atomic E-state index is 0.125. The molecule has 0 unspecified atom stereocenters. The Balaban J connectivity index is 2.19. The van der Waals surface area contributed by atoms with Crippen LogP contribution in [0.4, 0.5) is 5.69 Å². The first-order chi connectivity index (χ1) is 8.65. The molecule has 3 aromatic rings. The highest BCUT2D eigenvalue weighted by Crippen LogP contribution is 2.27. The van der Waals surface area contributed by atoms with Gasteiger partial charge in [-0.05, 0) is 18.2 Å². The summed E-state index contributed by atoms with van der Waals surface area (Å²) in [6.07, 6.45) is 1.22. The molecule has 0 saturated heterocycles. The Kier molecular flexibility index (Phi) is 2.27. The van der Waals surface area contributed by atoms with E-state index in [1.165, 1.54) is 6.20 Å². The molecule has 0 radical (unpaired) electrons. The lowest BCUT2D eigenvalue weighted by atomic mass is 10.3. The van der Waals surface area contributed by atoms with Crippen molar-refractivity contribution in [1.82, 2.24) is 20.2 Å². The predicted molar refractivity (Wildman–Crippen MR) is 65.3 cm³/mol. The van der Waals surface area contributed by atoms with Crippen molar-refractivity contribution in [2.45, 2.75) is 0 Å². The van der Waals surface area contributed by atoms with Gasteiger partial charge in [-0.1, -0.05) is 11.6 Å². The van der Waals surface area contributed by atoms with Crippen LogP contribution in [0.2, 0.25) is 5.02 Å². The van der Waals surface area contributed by atoms with Gasteiger partial charge in [0.2, 0.25) is 5.69 Å². The second kappa shape index (κ2) is 3.81. The highest BCUT2D eigenvalue weighted by Gasteiger charge is 2.21. The van der Waals surface area contributed by atoms with Crippen molar-refractivity contribution >= 4 is 28.3 Å². The number of H-pyrrole nitrogens is 2. The number of imidazole rings is 1. The lowest BCUT2D eigenvalue weighted by Crippen LogP contribution is -1.90. The zero-order chi connectivity index (χ0) is 12.7. The summed E-state index contributed by atoms with van der Waals surface area (Å²) in [5.41, 5.74) is 1.42. The van der Waals surface area contributed by atoms with Crippen LogP contribution >= 0.6 is 11.6 Å². The maximum Gasteiger partial charge on any atom is 0.317 e. The Morgan fingerprint density at radius 2 is 2.22 bits per heavy atom. The number of hydrogen-bond acceptors (Lipinski definition) is 4. The fourth-order valence-electron chi connectivity index (χ4n) is 1.69. The average molecular weight is 264 g/mol. The second-order valence-electron chi connectivity index (χ2n) is 3.62. The predicted octanol–water partition coefficient (Wildman–Crippen LogP) is 2.51. The summed E-state index contributed by atoms with van der Waals surface area (Å²) in [7, 11) is 0. The molecule has 3 rings (SSSR count). The number of nitro groups is 1. The molecule has 2 N–H and O–H groups in total. The van der Waals surface area contributed by atoms with Crippen molar-refractivity contribution in [3.05, 3.63) is 39.5 Å². The van der Waals surface area contributed by atoms with Crippen LogP contribution in [0.3, 0.4) is 0 Å². The topological polar surface area (TPSA) is 100 Å². The van der Waals surface area contributed by atoms with Gasteiger partial charge in [0.05, 0.1) is 16.0 Å². The van der Waals surface area contributed by atoms with E-state index in [4.69, 9.17) is 11.6 Å². The number of halogens is 1. The Morgan fingerprint density at radius 1 is 1.39 bits per heavy atom. The molecule has 2 aromatic heterocycles. The maximum atomic E-state index is 10.8. The van der Waals surface area contributed by atoms with Crippen LogP contribution in [-0.2, 0) is 0 Å². The van der Waals surface area contributed by atoms with Crippen molar-refractivity contribution in [1.29, 1.82) is 0 Å². The number of benzene rings is 1. The molecule has 0 atom stereocenters. The third kappa shape index (κ3) is 1.61. The second-order valence-corrected chi connectivity index (χ2v) is 4.06. The minimum atomic E-state index is -0.515. The van der Waals surface area contributed by atoms with Gasteiger partial charge in [-0.2, -0.15) is 5.10 Å². The highest BCUT2D eigenvalue weighted by atomic mass is 35.5. The average Bonchev–Trinajstić information content (AvgIpc) is 2.93. The number of nitrogens with zero attached hydrogens (tertiary/aromatic N) is 3. The first-order valence-electron chi connectivity index (χ1n) is 4.99. The van der Waals surface area contributed by atoms with Crippen LogP contribution in [0.1, 0.15) is 0 Å². The summed E-state index contributed by atoms with van der Waals surface area (Å²) in [4.78, 5) is 17.5. The molecule has 90 valence electrons. The van der Waals surface area contributed by atoms with E-state index in [0.29, 0.717) is 16.4 Å². The first-order valence-corrected chi connectivity index (χ1v) is 5.37. The Hall–Kier alpha value is -2.41. The van der Waals surface area contributed by atoms with E-state index in [9.17, 15) is 10.1 Å². The smallest absolute Gasteiger partial charge is 0.317 e. The van der Waals surface area contributed by atoms with Gasteiger partial charge in [0.25, 0.3) is 0 Å². The van der Waals surface area contributed by atoms with Gasteiger partial charge < -0.3 is 4.98 Å². The van der Waals surface area contributed by atoms with Crippen LogP contribution in [0.15, 0.2) is 24.4 Å². The number of rotatable bonds is 2. The molecular formula is C10H6ClN5O2. The van der Waals surface area contributed by atoms with E-state index < -0.39 is 4.92 Å².